The molecule has 0 amide bonds. The van der Waals surface area contributed by atoms with E-state index in [1.807, 2.05) is 6.07 Å². The van der Waals surface area contributed by atoms with Crippen LogP contribution in [0, 0.1) is 0 Å². The molecule has 0 saturated carbocycles. The first-order valence-electron chi connectivity index (χ1n) is 6.03. The maximum Gasteiger partial charge on any atom is 0.279 e. The normalized spacial score (nSPS) is 19.7. The summed E-state index contributed by atoms with van der Waals surface area (Å²) in [6, 6.07) is 5.06. The molecule has 0 radical (unpaired) electrons. The molecule has 0 aliphatic carbocycles. The Morgan fingerprint density at radius 1 is 1.42 bits per heavy atom. The Labute approximate surface area is 118 Å². The number of fused-ring (bicyclic) bond motifs is 1. The molecule has 7 heteroatoms. The van der Waals surface area contributed by atoms with Crippen molar-refractivity contribution >= 4 is 21.8 Å². The second-order valence-electron chi connectivity index (χ2n) is 4.61. The zero-order valence-corrected chi connectivity index (χ0v) is 12.5. The molecular weight excluding hydrogens is 288 g/mol. The molecule has 1 N–H and O–H groups in total. The third kappa shape index (κ3) is 3.20. The molecule has 1 aromatic rings. The number of halogens is 1. The highest BCUT2D eigenvalue weighted by Gasteiger charge is 2.26. The van der Waals surface area contributed by atoms with Gasteiger partial charge in [0, 0.05) is 19.7 Å². The summed E-state index contributed by atoms with van der Waals surface area (Å²) in [6.45, 7) is 0.539. The lowest BCUT2D eigenvalue weighted by Crippen LogP contribution is -2.38. The van der Waals surface area contributed by atoms with E-state index in [0.29, 0.717) is 23.8 Å². The quantitative estimate of drug-likeness (QED) is 0.928. The molecule has 0 spiro atoms. The first kappa shape index (κ1) is 14.6. The van der Waals surface area contributed by atoms with Gasteiger partial charge in [-0.2, -0.15) is 17.4 Å². The highest BCUT2D eigenvalue weighted by Crippen LogP contribution is 2.37. The molecule has 0 fully saturated rings. The molecule has 1 atom stereocenters. The van der Waals surface area contributed by atoms with Crippen LogP contribution in [0.25, 0.3) is 0 Å². The second kappa shape index (κ2) is 5.66. The summed E-state index contributed by atoms with van der Waals surface area (Å²) >= 11 is 6.10. The number of benzene rings is 1. The lowest BCUT2D eigenvalue weighted by atomic mass is 10.0. The van der Waals surface area contributed by atoms with Gasteiger partial charge in [-0.25, -0.2) is 0 Å². The van der Waals surface area contributed by atoms with E-state index < -0.39 is 10.2 Å². The van der Waals surface area contributed by atoms with Crippen molar-refractivity contribution in [3.63, 3.8) is 0 Å². The molecule has 0 saturated heterocycles. The largest absolute Gasteiger partial charge is 0.492 e. The van der Waals surface area contributed by atoms with Crippen molar-refractivity contribution in [2.24, 2.45) is 0 Å². The second-order valence-corrected chi connectivity index (χ2v) is 6.93. The first-order chi connectivity index (χ1) is 8.92. The third-order valence-corrected chi connectivity index (χ3v) is 4.87. The van der Waals surface area contributed by atoms with E-state index in [1.165, 1.54) is 14.1 Å². The van der Waals surface area contributed by atoms with Crippen LogP contribution >= 0.6 is 11.6 Å². The van der Waals surface area contributed by atoms with Crippen LogP contribution in [0.15, 0.2) is 18.2 Å². The van der Waals surface area contributed by atoms with Gasteiger partial charge in [0.25, 0.3) is 10.2 Å². The molecule has 5 nitrogen and oxygen atoms in total. The predicted molar refractivity (Wildman–Crippen MR) is 74.7 cm³/mol. The summed E-state index contributed by atoms with van der Waals surface area (Å²) < 4.78 is 33.3. The Kier molecular flexibility index (Phi) is 4.35. The van der Waals surface area contributed by atoms with Gasteiger partial charge in [-0.05, 0) is 18.9 Å². The summed E-state index contributed by atoms with van der Waals surface area (Å²) in [7, 11) is -0.496. The van der Waals surface area contributed by atoms with Gasteiger partial charge < -0.3 is 4.74 Å². The van der Waals surface area contributed by atoms with E-state index in [2.05, 4.69) is 4.72 Å². The predicted octanol–water partition coefficient (Wildman–Crippen LogP) is 1.95. The van der Waals surface area contributed by atoms with E-state index in [1.54, 1.807) is 12.1 Å². The Morgan fingerprint density at radius 3 is 2.84 bits per heavy atom. The molecule has 1 aromatic carbocycles. The van der Waals surface area contributed by atoms with Gasteiger partial charge in [-0.3, -0.25) is 0 Å². The number of nitrogens with zero attached hydrogens (tertiary/aromatic N) is 1. The standard InChI is InChI=1S/C12H17ClN2O3S/c1-15(2)19(16,17)14-11-7-4-8-18-12-9(11)5-3-6-10(12)13/h3,5-6,11,14H,4,7-8H2,1-2H3. The minimum absolute atomic E-state index is 0.316. The van der Waals surface area contributed by atoms with Gasteiger partial charge in [-0.1, -0.05) is 23.7 Å². The van der Waals surface area contributed by atoms with Gasteiger partial charge in [0.05, 0.1) is 17.7 Å². The van der Waals surface area contributed by atoms with E-state index in [0.717, 1.165) is 16.3 Å². The first-order valence-corrected chi connectivity index (χ1v) is 7.84. The molecule has 0 bridgehead atoms. The van der Waals surface area contributed by atoms with Crippen LogP contribution in [0.4, 0.5) is 0 Å². The Morgan fingerprint density at radius 2 is 2.16 bits per heavy atom. The number of hydrogen-bond donors (Lipinski definition) is 1. The number of para-hydroxylation sites is 1. The van der Waals surface area contributed by atoms with Crippen LogP contribution in [0.2, 0.25) is 5.02 Å². The van der Waals surface area contributed by atoms with Crippen LogP contribution in [0.3, 0.4) is 0 Å². The van der Waals surface area contributed by atoms with E-state index in [9.17, 15) is 8.42 Å². The smallest absolute Gasteiger partial charge is 0.279 e. The van der Waals surface area contributed by atoms with Gasteiger partial charge in [0.2, 0.25) is 0 Å². The zero-order chi connectivity index (χ0) is 14.0. The molecule has 106 valence electrons. The average Bonchev–Trinajstić information content (AvgIpc) is 2.53. The van der Waals surface area contributed by atoms with E-state index in [4.69, 9.17) is 16.3 Å². The van der Waals surface area contributed by atoms with Crippen LogP contribution in [0.5, 0.6) is 5.75 Å². The highest BCUT2D eigenvalue weighted by atomic mass is 35.5. The van der Waals surface area contributed by atoms with Gasteiger partial charge >= 0.3 is 0 Å². The van der Waals surface area contributed by atoms with Gasteiger partial charge in [0.15, 0.2) is 0 Å². The fraction of sp³-hybridized carbons (Fsp3) is 0.500. The van der Waals surface area contributed by atoms with Crippen LogP contribution in [-0.2, 0) is 10.2 Å². The Balaban J connectivity index is 2.36. The Bertz CT molecular complexity index is 560. The monoisotopic (exact) mass is 304 g/mol. The summed E-state index contributed by atoms with van der Waals surface area (Å²) in [5, 5.41) is 0.508. The lowest BCUT2D eigenvalue weighted by molar-refractivity contribution is 0.316. The van der Waals surface area contributed by atoms with E-state index >= 15 is 0 Å². The summed E-state index contributed by atoms with van der Waals surface area (Å²) in [5.41, 5.74) is 0.787. The molecule has 1 aliphatic heterocycles. The molecule has 0 aromatic heterocycles. The maximum atomic E-state index is 11.9. The molecule has 2 rings (SSSR count). The fourth-order valence-corrected chi connectivity index (χ4v) is 3.03. The van der Waals surface area contributed by atoms with E-state index in [-0.39, 0.29) is 6.04 Å². The molecule has 1 heterocycles. The lowest BCUT2D eigenvalue weighted by Gasteiger charge is -2.21. The molecular formula is C12H17ClN2O3S. The SMILES string of the molecule is CN(C)S(=O)(=O)NC1CCCOc2c(Cl)cccc21. The molecule has 1 unspecified atom stereocenters. The van der Waals surface area contributed by atoms with Crippen molar-refractivity contribution in [1.82, 2.24) is 9.03 Å². The van der Waals surface area contributed by atoms with Crippen molar-refractivity contribution in [3.8, 4) is 5.75 Å². The summed E-state index contributed by atoms with van der Waals surface area (Å²) in [6.07, 6.45) is 1.45. The third-order valence-electron chi connectivity index (χ3n) is 3.03. The minimum atomic E-state index is -3.48. The van der Waals surface area contributed by atoms with Crippen molar-refractivity contribution in [3.05, 3.63) is 28.8 Å². The van der Waals surface area contributed by atoms with Crippen molar-refractivity contribution in [1.29, 1.82) is 0 Å². The van der Waals surface area contributed by atoms with Crippen molar-refractivity contribution < 1.29 is 13.2 Å². The average molecular weight is 305 g/mol. The van der Waals surface area contributed by atoms with Crippen molar-refractivity contribution in [2.45, 2.75) is 18.9 Å². The van der Waals surface area contributed by atoms with Gasteiger partial charge in [-0.15, -0.1) is 0 Å². The molecule has 1 aliphatic rings. The highest BCUT2D eigenvalue weighted by molar-refractivity contribution is 7.87. The Hall–Kier alpha value is -0.820. The number of ether oxygens (including phenoxy) is 1. The fourth-order valence-electron chi connectivity index (χ4n) is 1.98. The maximum absolute atomic E-state index is 11.9. The van der Waals surface area contributed by atoms with Crippen LogP contribution in [-0.4, -0.2) is 33.4 Å². The molecule has 19 heavy (non-hydrogen) atoms. The summed E-state index contributed by atoms with van der Waals surface area (Å²) in [5.74, 6) is 0.577. The summed E-state index contributed by atoms with van der Waals surface area (Å²) in [4.78, 5) is 0. The number of hydrogen-bond acceptors (Lipinski definition) is 3. The van der Waals surface area contributed by atoms with Crippen LogP contribution < -0.4 is 9.46 Å². The number of rotatable bonds is 3. The minimum Gasteiger partial charge on any atom is -0.492 e. The van der Waals surface area contributed by atoms with Gasteiger partial charge in [0.1, 0.15) is 5.75 Å². The van der Waals surface area contributed by atoms with Crippen LogP contribution in [0.1, 0.15) is 24.4 Å². The van der Waals surface area contributed by atoms with Crippen molar-refractivity contribution in [2.75, 3.05) is 20.7 Å². The zero-order valence-electron chi connectivity index (χ0n) is 10.9. The topological polar surface area (TPSA) is 58.6 Å². The number of nitrogens with one attached hydrogen (secondary N) is 1.